The molecule has 128 valence electrons. The van der Waals surface area contributed by atoms with E-state index in [1.54, 1.807) is 34.9 Å². The molecule has 3 aromatic rings. The minimum absolute atomic E-state index is 0.00172. The first kappa shape index (κ1) is 16.7. The van der Waals surface area contributed by atoms with Crippen LogP contribution in [0.3, 0.4) is 0 Å². The van der Waals surface area contributed by atoms with Crippen LogP contribution in [0.1, 0.15) is 11.7 Å². The first-order valence-corrected chi connectivity index (χ1v) is 7.64. The highest BCUT2D eigenvalue weighted by atomic mass is 19.1. The van der Waals surface area contributed by atoms with Crippen LogP contribution in [0, 0.1) is 5.82 Å². The van der Waals surface area contributed by atoms with Crippen LogP contribution in [0.4, 0.5) is 10.1 Å². The van der Waals surface area contributed by atoms with Crippen molar-refractivity contribution in [3.8, 4) is 11.4 Å². The van der Waals surface area contributed by atoms with Gasteiger partial charge in [0.2, 0.25) is 0 Å². The van der Waals surface area contributed by atoms with Gasteiger partial charge in [-0.2, -0.15) is 0 Å². The topological polar surface area (TPSA) is 63.5 Å². The van der Waals surface area contributed by atoms with Crippen LogP contribution in [-0.2, 0) is 4.79 Å². The number of carbonyl (C=O) groups is 1. The van der Waals surface area contributed by atoms with Crippen molar-refractivity contribution in [2.75, 3.05) is 12.4 Å². The Bertz CT molecular complexity index is 878. The molecule has 1 aromatic heterocycles. The van der Waals surface area contributed by atoms with Gasteiger partial charge in [0.25, 0.3) is 5.91 Å². The number of ether oxygens (including phenoxy) is 1. The van der Waals surface area contributed by atoms with Crippen molar-refractivity contribution in [1.29, 1.82) is 0 Å². The number of hydrogen-bond acceptors (Lipinski definition) is 3. The Hall–Kier alpha value is -3.12. The highest BCUT2D eigenvalue weighted by molar-refractivity contribution is 5.95. The molecule has 0 spiro atoms. The zero-order valence-electron chi connectivity index (χ0n) is 13.5. The molecule has 0 bridgehead atoms. The van der Waals surface area contributed by atoms with Gasteiger partial charge in [0, 0.05) is 18.1 Å². The van der Waals surface area contributed by atoms with E-state index in [0.29, 0.717) is 17.0 Å². The largest absolute Gasteiger partial charge is 0.497 e. The molecule has 0 fully saturated rings. The molecule has 0 saturated heterocycles. The van der Waals surface area contributed by atoms with E-state index < -0.39 is 17.8 Å². The standard InChI is InChI=1S/C19H17FN2O3/c1-25-15-6-4-5-13(11-15)18(23)19(24)21-17-12-14(7-8-16(17)20)22-9-2-3-10-22/h2-12,18,23H,1H3,(H,21,24). The molecular weight excluding hydrogens is 323 g/mol. The summed E-state index contributed by atoms with van der Waals surface area (Å²) in [6.07, 6.45) is 2.18. The lowest BCUT2D eigenvalue weighted by Gasteiger charge is -2.14. The Kier molecular flexibility index (Phi) is 4.81. The predicted octanol–water partition coefficient (Wildman–Crippen LogP) is 3.30. The van der Waals surface area contributed by atoms with Crippen LogP contribution in [0.5, 0.6) is 5.75 Å². The molecular formula is C19H17FN2O3. The summed E-state index contributed by atoms with van der Waals surface area (Å²) in [5.41, 5.74) is 1.05. The Morgan fingerprint density at radius 3 is 2.64 bits per heavy atom. The van der Waals surface area contributed by atoms with Crippen molar-refractivity contribution in [2.45, 2.75) is 6.10 Å². The minimum atomic E-state index is -1.44. The summed E-state index contributed by atoms with van der Waals surface area (Å²) in [5.74, 6) is -0.788. The third-order valence-corrected chi connectivity index (χ3v) is 3.77. The van der Waals surface area contributed by atoms with E-state index in [1.807, 2.05) is 24.5 Å². The number of benzene rings is 2. The fourth-order valence-electron chi connectivity index (χ4n) is 2.44. The fourth-order valence-corrected chi connectivity index (χ4v) is 2.44. The number of aliphatic hydroxyl groups is 1. The van der Waals surface area contributed by atoms with Gasteiger partial charge in [0.15, 0.2) is 6.10 Å². The molecule has 2 N–H and O–H groups in total. The van der Waals surface area contributed by atoms with E-state index >= 15 is 0 Å². The molecule has 0 aliphatic rings. The summed E-state index contributed by atoms with van der Waals surface area (Å²) in [5, 5.41) is 12.6. The molecule has 1 atom stereocenters. The van der Waals surface area contributed by atoms with Gasteiger partial charge in [-0.1, -0.05) is 12.1 Å². The SMILES string of the molecule is COc1cccc(C(O)C(=O)Nc2cc(-n3cccc3)ccc2F)c1. The van der Waals surface area contributed by atoms with Crippen LogP contribution in [0.2, 0.25) is 0 Å². The monoisotopic (exact) mass is 340 g/mol. The highest BCUT2D eigenvalue weighted by Crippen LogP contribution is 2.23. The summed E-state index contributed by atoms with van der Waals surface area (Å²) in [4.78, 5) is 12.3. The lowest BCUT2D eigenvalue weighted by Crippen LogP contribution is -2.21. The van der Waals surface area contributed by atoms with Gasteiger partial charge in [-0.3, -0.25) is 4.79 Å². The molecule has 25 heavy (non-hydrogen) atoms. The molecule has 1 heterocycles. The van der Waals surface area contributed by atoms with E-state index in [1.165, 1.54) is 19.2 Å². The summed E-state index contributed by atoms with van der Waals surface area (Å²) in [7, 11) is 1.49. The molecule has 0 radical (unpaired) electrons. The second-order valence-corrected chi connectivity index (χ2v) is 5.42. The number of amides is 1. The van der Waals surface area contributed by atoms with Crippen LogP contribution in [0.15, 0.2) is 67.0 Å². The van der Waals surface area contributed by atoms with E-state index in [2.05, 4.69) is 5.32 Å². The third-order valence-electron chi connectivity index (χ3n) is 3.77. The van der Waals surface area contributed by atoms with Crippen molar-refractivity contribution < 1.29 is 19.0 Å². The average molecular weight is 340 g/mol. The van der Waals surface area contributed by atoms with Gasteiger partial charge < -0.3 is 19.7 Å². The van der Waals surface area contributed by atoms with Crippen LogP contribution < -0.4 is 10.1 Å². The number of rotatable bonds is 5. The zero-order chi connectivity index (χ0) is 17.8. The number of aromatic nitrogens is 1. The number of nitrogens with zero attached hydrogens (tertiary/aromatic N) is 1. The minimum Gasteiger partial charge on any atom is -0.497 e. The van der Waals surface area contributed by atoms with Gasteiger partial charge in [-0.25, -0.2) is 4.39 Å². The van der Waals surface area contributed by atoms with Crippen LogP contribution in [-0.4, -0.2) is 22.7 Å². The Balaban J connectivity index is 1.81. The predicted molar refractivity (Wildman–Crippen MR) is 92.3 cm³/mol. The maximum atomic E-state index is 14.0. The molecule has 1 unspecified atom stereocenters. The highest BCUT2D eigenvalue weighted by Gasteiger charge is 2.19. The van der Waals surface area contributed by atoms with Crippen molar-refractivity contribution in [3.63, 3.8) is 0 Å². The summed E-state index contributed by atoms with van der Waals surface area (Å²) in [6.45, 7) is 0. The first-order chi connectivity index (χ1) is 12.1. The van der Waals surface area contributed by atoms with Gasteiger partial charge in [0.1, 0.15) is 11.6 Å². The van der Waals surface area contributed by atoms with Gasteiger partial charge in [-0.15, -0.1) is 0 Å². The van der Waals surface area contributed by atoms with Crippen molar-refractivity contribution in [1.82, 2.24) is 4.57 Å². The fraction of sp³-hybridized carbons (Fsp3) is 0.105. The van der Waals surface area contributed by atoms with E-state index in [4.69, 9.17) is 4.74 Å². The number of carbonyl (C=O) groups excluding carboxylic acids is 1. The average Bonchev–Trinajstić information content (AvgIpc) is 3.17. The molecule has 0 aliphatic carbocycles. The molecule has 1 amide bonds. The number of nitrogens with one attached hydrogen (secondary N) is 1. The van der Waals surface area contributed by atoms with Crippen molar-refractivity contribution >= 4 is 11.6 Å². The number of aliphatic hydroxyl groups excluding tert-OH is 1. The van der Waals surface area contributed by atoms with E-state index in [9.17, 15) is 14.3 Å². The number of halogens is 1. The number of anilines is 1. The van der Waals surface area contributed by atoms with E-state index in [-0.39, 0.29) is 5.69 Å². The zero-order valence-corrected chi connectivity index (χ0v) is 13.5. The van der Waals surface area contributed by atoms with Crippen molar-refractivity contribution in [3.05, 3.63) is 78.4 Å². The molecule has 2 aromatic carbocycles. The van der Waals surface area contributed by atoms with Crippen LogP contribution in [0.25, 0.3) is 5.69 Å². The normalized spacial score (nSPS) is 11.8. The lowest BCUT2D eigenvalue weighted by molar-refractivity contribution is -0.124. The van der Waals surface area contributed by atoms with Gasteiger partial charge in [-0.05, 0) is 48.0 Å². The summed E-state index contributed by atoms with van der Waals surface area (Å²) in [6, 6.07) is 14.6. The van der Waals surface area contributed by atoms with Crippen molar-refractivity contribution in [2.24, 2.45) is 0 Å². The number of hydrogen-bond donors (Lipinski definition) is 2. The van der Waals surface area contributed by atoms with E-state index in [0.717, 1.165) is 0 Å². The quantitative estimate of drug-likeness (QED) is 0.749. The smallest absolute Gasteiger partial charge is 0.257 e. The summed E-state index contributed by atoms with van der Waals surface area (Å²) < 4.78 is 20.9. The van der Waals surface area contributed by atoms with Gasteiger partial charge >= 0.3 is 0 Å². The Morgan fingerprint density at radius 2 is 1.92 bits per heavy atom. The molecule has 0 aliphatic heterocycles. The number of methoxy groups -OCH3 is 1. The molecule has 6 heteroatoms. The first-order valence-electron chi connectivity index (χ1n) is 7.64. The van der Waals surface area contributed by atoms with Crippen LogP contribution >= 0.6 is 0 Å². The molecule has 3 rings (SSSR count). The molecule has 0 saturated carbocycles. The molecule has 5 nitrogen and oxygen atoms in total. The maximum Gasteiger partial charge on any atom is 0.257 e. The van der Waals surface area contributed by atoms with Gasteiger partial charge in [0.05, 0.1) is 12.8 Å². The maximum absolute atomic E-state index is 14.0. The summed E-state index contributed by atoms with van der Waals surface area (Å²) >= 11 is 0. The second-order valence-electron chi connectivity index (χ2n) is 5.42. The Morgan fingerprint density at radius 1 is 1.16 bits per heavy atom. The second kappa shape index (κ2) is 7.19. The Labute approximate surface area is 144 Å². The third kappa shape index (κ3) is 3.70. The lowest BCUT2D eigenvalue weighted by atomic mass is 10.1.